The van der Waals surface area contributed by atoms with E-state index in [9.17, 15) is 9.90 Å². The predicted molar refractivity (Wildman–Crippen MR) is 139 cm³/mol. The van der Waals surface area contributed by atoms with E-state index in [1.165, 1.54) is 0 Å². The number of aliphatic hydroxyl groups excluding tert-OH is 1. The molecule has 0 spiro atoms. The summed E-state index contributed by atoms with van der Waals surface area (Å²) < 4.78 is 12.7. The second kappa shape index (κ2) is 11.3. The third-order valence-corrected chi connectivity index (χ3v) is 6.25. The average Bonchev–Trinajstić information content (AvgIpc) is 3.27. The first-order valence-corrected chi connectivity index (χ1v) is 12.1. The number of aliphatic imine (C=N–C) groups is 1. The highest BCUT2D eigenvalue weighted by molar-refractivity contribution is 9.10. The summed E-state index contributed by atoms with van der Waals surface area (Å²) in [7, 11) is 0. The third-order valence-electron chi connectivity index (χ3n) is 5.72. The van der Waals surface area contributed by atoms with Crippen LogP contribution >= 0.6 is 15.9 Å². The van der Waals surface area contributed by atoms with E-state index in [0.717, 1.165) is 15.6 Å². The molecular weight excluding hydrogens is 510 g/mol. The van der Waals surface area contributed by atoms with E-state index < -0.39 is 17.6 Å². The normalized spacial score (nSPS) is 19.4. The first-order valence-electron chi connectivity index (χ1n) is 11.3. The fourth-order valence-electron chi connectivity index (χ4n) is 3.88. The quantitative estimate of drug-likeness (QED) is 0.327. The summed E-state index contributed by atoms with van der Waals surface area (Å²) in [4.78, 5) is 17.4. The number of benzene rings is 3. The van der Waals surface area contributed by atoms with Crippen molar-refractivity contribution < 1.29 is 24.5 Å². The minimum Gasteiger partial charge on any atom is -0.494 e. The van der Waals surface area contributed by atoms with Gasteiger partial charge in [-0.2, -0.15) is 0 Å². The molecule has 2 N–H and O–H groups in total. The summed E-state index contributed by atoms with van der Waals surface area (Å²) in [6.07, 6.45) is 3.64. The summed E-state index contributed by atoms with van der Waals surface area (Å²) in [6.45, 7) is 0.477. The number of halogens is 1. The molecule has 1 aliphatic heterocycles. The van der Waals surface area contributed by atoms with Crippen LogP contribution in [0.2, 0.25) is 0 Å². The van der Waals surface area contributed by atoms with Crippen LogP contribution in [-0.4, -0.2) is 40.8 Å². The minimum atomic E-state index is -1.52. The highest BCUT2D eigenvalue weighted by Gasteiger charge is 2.52. The fraction of sp³-hybridized carbons (Fsp3) is 0.214. The first-order chi connectivity index (χ1) is 17.0. The lowest BCUT2D eigenvalue weighted by Gasteiger charge is -2.26. The topological polar surface area (TPSA) is 88.4 Å². The standard InChI is InChI=1S/C28H26BrNO5/c29-23-13-9-21(10-14-23)25-28(27(32)33,17-4-8-20-6-2-1-3-7-20)30-26(35-25)22-11-15-24(16-12-22)34-19-5-18-31/h1-4,6-16,25,31H,5,17-19H2,(H,32,33)/b8-4+/t25-,28-/m1/s1. The molecule has 35 heavy (non-hydrogen) atoms. The predicted octanol–water partition coefficient (Wildman–Crippen LogP) is 5.66. The second-order valence-electron chi connectivity index (χ2n) is 8.16. The smallest absolute Gasteiger partial charge is 0.336 e. The number of hydrogen-bond acceptors (Lipinski definition) is 5. The van der Waals surface area contributed by atoms with Gasteiger partial charge in [-0.15, -0.1) is 0 Å². The Morgan fingerprint density at radius 3 is 2.43 bits per heavy atom. The van der Waals surface area contributed by atoms with Crippen LogP contribution in [0.15, 0.2) is 94.4 Å². The molecule has 0 unspecified atom stereocenters. The van der Waals surface area contributed by atoms with Crippen molar-refractivity contribution in [3.05, 3.63) is 106 Å². The maximum absolute atomic E-state index is 12.7. The van der Waals surface area contributed by atoms with Gasteiger partial charge in [-0.25, -0.2) is 9.79 Å². The molecule has 2 atom stereocenters. The van der Waals surface area contributed by atoms with Gasteiger partial charge in [0, 0.05) is 29.5 Å². The van der Waals surface area contributed by atoms with Gasteiger partial charge < -0.3 is 19.7 Å². The van der Waals surface area contributed by atoms with Gasteiger partial charge in [-0.1, -0.05) is 70.5 Å². The molecule has 4 rings (SSSR count). The monoisotopic (exact) mass is 535 g/mol. The Balaban J connectivity index is 1.66. The summed E-state index contributed by atoms with van der Waals surface area (Å²) in [6, 6.07) is 24.3. The molecule has 7 heteroatoms. The maximum Gasteiger partial charge on any atom is 0.336 e. The number of aliphatic hydroxyl groups is 1. The summed E-state index contributed by atoms with van der Waals surface area (Å²) >= 11 is 3.43. The SMILES string of the molecule is O=C(O)[C@]1(C/C=C/c2ccccc2)N=C(c2ccc(OCCCO)cc2)O[C@@H]1c1ccc(Br)cc1. The number of rotatable bonds is 10. The summed E-state index contributed by atoms with van der Waals surface area (Å²) in [5, 5.41) is 19.3. The number of hydrogen-bond donors (Lipinski definition) is 2. The third kappa shape index (κ3) is 5.81. The molecular formula is C28H26BrNO5. The van der Waals surface area contributed by atoms with E-state index in [1.807, 2.05) is 66.7 Å². The van der Waals surface area contributed by atoms with Gasteiger partial charge in [-0.05, 0) is 47.5 Å². The molecule has 0 saturated carbocycles. The molecule has 0 bridgehead atoms. The molecule has 0 saturated heterocycles. The molecule has 0 fully saturated rings. The Labute approximate surface area is 212 Å². The molecule has 0 amide bonds. The van der Waals surface area contributed by atoms with Crippen molar-refractivity contribution in [2.45, 2.75) is 24.5 Å². The zero-order valence-electron chi connectivity index (χ0n) is 19.0. The molecule has 1 heterocycles. The van der Waals surface area contributed by atoms with Crippen molar-refractivity contribution in [3.8, 4) is 5.75 Å². The Bertz CT molecular complexity index is 1190. The van der Waals surface area contributed by atoms with Gasteiger partial charge in [0.05, 0.1) is 6.61 Å². The van der Waals surface area contributed by atoms with Gasteiger partial charge >= 0.3 is 5.97 Å². The first kappa shape index (κ1) is 24.7. The highest BCUT2D eigenvalue weighted by atomic mass is 79.9. The summed E-state index contributed by atoms with van der Waals surface area (Å²) in [5.74, 6) is -0.127. The van der Waals surface area contributed by atoms with Gasteiger partial charge in [0.25, 0.3) is 0 Å². The Kier molecular flexibility index (Phi) is 8.00. The number of nitrogens with zero attached hydrogens (tertiary/aromatic N) is 1. The van der Waals surface area contributed by atoms with Crippen LogP contribution < -0.4 is 4.74 Å². The number of aliphatic carboxylic acids is 1. The van der Waals surface area contributed by atoms with Crippen LogP contribution in [0.3, 0.4) is 0 Å². The minimum absolute atomic E-state index is 0.0656. The number of ether oxygens (including phenoxy) is 2. The Hall–Kier alpha value is -3.42. The number of carbonyl (C=O) groups is 1. The van der Waals surface area contributed by atoms with E-state index >= 15 is 0 Å². The zero-order valence-corrected chi connectivity index (χ0v) is 20.6. The molecule has 180 valence electrons. The van der Waals surface area contributed by atoms with E-state index in [2.05, 4.69) is 20.9 Å². The molecule has 3 aromatic carbocycles. The van der Waals surface area contributed by atoms with E-state index in [0.29, 0.717) is 24.3 Å². The zero-order chi connectivity index (χ0) is 24.7. The van der Waals surface area contributed by atoms with Crippen molar-refractivity contribution in [2.24, 2.45) is 4.99 Å². The van der Waals surface area contributed by atoms with Crippen molar-refractivity contribution in [1.82, 2.24) is 0 Å². The Morgan fingerprint density at radius 2 is 1.77 bits per heavy atom. The molecule has 0 aliphatic carbocycles. The fourth-order valence-corrected chi connectivity index (χ4v) is 4.14. The van der Waals surface area contributed by atoms with Gasteiger partial charge in [0.2, 0.25) is 11.4 Å². The van der Waals surface area contributed by atoms with E-state index in [4.69, 9.17) is 14.6 Å². The lowest BCUT2D eigenvalue weighted by atomic mass is 9.85. The lowest BCUT2D eigenvalue weighted by Crippen LogP contribution is -2.40. The maximum atomic E-state index is 12.7. The molecule has 3 aromatic rings. The van der Waals surface area contributed by atoms with Crippen LogP contribution in [0, 0.1) is 0 Å². The molecule has 1 aliphatic rings. The van der Waals surface area contributed by atoms with Gasteiger partial charge in [0.1, 0.15) is 5.75 Å². The highest BCUT2D eigenvalue weighted by Crippen LogP contribution is 2.43. The summed E-state index contributed by atoms with van der Waals surface area (Å²) in [5.41, 5.74) is 0.849. The number of carboxylic acid groups (broad SMARTS) is 1. The van der Waals surface area contributed by atoms with E-state index in [1.54, 1.807) is 24.3 Å². The van der Waals surface area contributed by atoms with Crippen LogP contribution in [-0.2, 0) is 9.53 Å². The lowest BCUT2D eigenvalue weighted by molar-refractivity contribution is -0.146. The molecule has 0 aromatic heterocycles. The van der Waals surface area contributed by atoms with Crippen LogP contribution in [0.4, 0.5) is 0 Å². The van der Waals surface area contributed by atoms with E-state index in [-0.39, 0.29) is 18.9 Å². The largest absolute Gasteiger partial charge is 0.494 e. The van der Waals surface area contributed by atoms with Crippen molar-refractivity contribution in [2.75, 3.05) is 13.2 Å². The van der Waals surface area contributed by atoms with Crippen molar-refractivity contribution in [1.29, 1.82) is 0 Å². The van der Waals surface area contributed by atoms with Crippen LogP contribution in [0.25, 0.3) is 6.08 Å². The van der Waals surface area contributed by atoms with Crippen molar-refractivity contribution in [3.63, 3.8) is 0 Å². The van der Waals surface area contributed by atoms with Gasteiger partial charge in [-0.3, -0.25) is 0 Å². The second-order valence-corrected chi connectivity index (χ2v) is 9.08. The van der Waals surface area contributed by atoms with Crippen molar-refractivity contribution >= 4 is 33.9 Å². The Morgan fingerprint density at radius 1 is 1.06 bits per heavy atom. The average molecular weight is 536 g/mol. The molecule has 6 nitrogen and oxygen atoms in total. The van der Waals surface area contributed by atoms with Crippen LogP contribution in [0.5, 0.6) is 5.75 Å². The van der Waals surface area contributed by atoms with Gasteiger partial charge in [0.15, 0.2) is 6.10 Å². The van der Waals surface area contributed by atoms with Crippen LogP contribution in [0.1, 0.15) is 35.6 Å². The molecule has 0 radical (unpaired) electrons. The number of carboxylic acids is 1.